The fraction of sp³-hybridized carbons (Fsp3) is 0.172. The van der Waals surface area contributed by atoms with Gasteiger partial charge >= 0.3 is 5.97 Å². The summed E-state index contributed by atoms with van der Waals surface area (Å²) in [6, 6.07) is 19.2. The molecule has 0 amide bonds. The van der Waals surface area contributed by atoms with Gasteiger partial charge in [-0.1, -0.05) is 24.8 Å². The summed E-state index contributed by atoms with van der Waals surface area (Å²) in [4.78, 5) is 12.7. The Morgan fingerprint density at radius 1 is 1.08 bits per heavy atom. The van der Waals surface area contributed by atoms with Gasteiger partial charge in [-0.05, 0) is 55.0 Å². The van der Waals surface area contributed by atoms with Crippen molar-refractivity contribution in [3.05, 3.63) is 101 Å². The molecule has 0 saturated carbocycles. The first-order chi connectivity index (χ1) is 18.0. The van der Waals surface area contributed by atoms with Gasteiger partial charge in [0.1, 0.15) is 35.5 Å². The van der Waals surface area contributed by atoms with E-state index in [2.05, 4.69) is 12.6 Å². The summed E-state index contributed by atoms with van der Waals surface area (Å²) in [5, 5.41) is 9.86. The van der Waals surface area contributed by atoms with Crippen LogP contribution in [0.4, 0.5) is 0 Å². The molecule has 1 aliphatic heterocycles. The highest BCUT2D eigenvalue weighted by molar-refractivity contribution is 5.91. The van der Waals surface area contributed by atoms with Gasteiger partial charge in [0.25, 0.3) is 0 Å². The van der Waals surface area contributed by atoms with E-state index in [-0.39, 0.29) is 17.2 Å². The fourth-order valence-electron chi connectivity index (χ4n) is 3.99. The molecule has 0 bridgehead atoms. The van der Waals surface area contributed by atoms with Gasteiger partial charge in [0, 0.05) is 11.6 Å². The number of carbonyl (C=O) groups excluding carboxylic acids is 1. The molecule has 0 fully saturated rings. The zero-order valence-electron chi connectivity index (χ0n) is 20.5. The first kappa shape index (κ1) is 25.2. The Morgan fingerprint density at radius 2 is 1.84 bits per heavy atom. The first-order valence-corrected chi connectivity index (χ1v) is 11.6. The largest absolute Gasteiger partial charge is 0.494 e. The highest BCUT2D eigenvalue weighted by Gasteiger charge is 2.31. The van der Waals surface area contributed by atoms with Crippen molar-refractivity contribution in [1.29, 1.82) is 5.26 Å². The van der Waals surface area contributed by atoms with E-state index in [0.717, 1.165) is 5.56 Å². The molecule has 3 aromatic carbocycles. The third-order valence-corrected chi connectivity index (χ3v) is 5.68. The zero-order chi connectivity index (χ0) is 26.4. The van der Waals surface area contributed by atoms with E-state index in [4.69, 9.17) is 29.4 Å². The molecule has 37 heavy (non-hydrogen) atoms. The molecule has 1 unspecified atom stereocenters. The van der Waals surface area contributed by atoms with Gasteiger partial charge in [0.2, 0.25) is 5.88 Å². The van der Waals surface area contributed by atoms with Crippen molar-refractivity contribution in [3.63, 3.8) is 0 Å². The lowest BCUT2D eigenvalue weighted by atomic mass is 9.83. The summed E-state index contributed by atoms with van der Waals surface area (Å²) in [5.74, 6) is 1.29. The Labute approximate surface area is 215 Å². The molecule has 1 heterocycles. The van der Waals surface area contributed by atoms with Crippen molar-refractivity contribution >= 4 is 5.97 Å². The van der Waals surface area contributed by atoms with Gasteiger partial charge in [-0.25, -0.2) is 4.79 Å². The van der Waals surface area contributed by atoms with Crippen molar-refractivity contribution < 1.29 is 28.5 Å². The Bertz CT molecular complexity index is 1390. The molecule has 0 aromatic heterocycles. The minimum atomic E-state index is -0.531. The second kappa shape index (κ2) is 11.2. The van der Waals surface area contributed by atoms with Crippen LogP contribution in [0.2, 0.25) is 0 Å². The van der Waals surface area contributed by atoms with Crippen LogP contribution in [-0.2, 0) is 0 Å². The molecule has 8 heteroatoms. The van der Waals surface area contributed by atoms with Crippen molar-refractivity contribution in [2.45, 2.75) is 12.8 Å². The zero-order valence-corrected chi connectivity index (χ0v) is 20.5. The summed E-state index contributed by atoms with van der Waals surface area (Å²) >= 11 is 0. The van der Waals surface area contributed by atoms with Crippen molar-refractivity contribution in [1.82, 2.24) is 0 Å². The molecule has 0 saturated heterocycles. The molecule has 0 aliphatic carbocycles. The van der Waals surface area contributed by atoms with E-state index in [9.17, 15) is 10.1 Å². The first-order valence-electron chi connectivity index (χ1n) is 11.6. The minimum absolute atomic E-state index is 0.0269. The number of carbonyl (C=O) groups is 1. The Morgan fingerprint density at radius 3 is 2.51 bits per heavy atom. The van der Waals surface area contributed by atoms with E-state index >= 15 is 0 Å². The molecule has 8 nitrogen and oxygen atoms in total. The summed E-state index contributed by atoms with van der Waals surface area (Å²) in [6.07, 6.45) is 1.64. The van der Waals surface area contributed by atoms with Crippen LogP contribution < -0.4 is 29.4 Å². The minimum Gasteiger partial charge on any atom is -0.494 e. The lowest BCUT2D eigenvalue weighted by molar-refractivity contribution is 0.0734. The van der Waals surface area contributed by atoms with Crippen LogP contribution in [0.3, 0.4) is 0 Å². The lowest BCUT2D eigenvalue weighted by Crippen LogP contribution is -2.21. The van der Waals surface area contributed by atoms with Crippen LogP contribution in [0.15, 0.2) is 84.8 Å². The monoisotopic (exact) mass is 498 g/mol. The number of nitriles is 1. The third kappa shape index (κ3) is 5.36. The molecule has 188 valence electrons. The highest BCUT2D eigenvalue weighted by atomic mass is 16.5. The molecule has 3 aromatic rings. The van der Waals surface area contributed by atoms with E-state index in [0.29, 0.717) is 47.3 Å². The number of esters is 1. The molecule has 0 radical (unpaired) electrons. The average molecular weight is 499 g/mol. The number of allylic oxidation sites excluding steroid dienone is 1. The van der Waals surface area contributed by atoms with Crippen LogP contribution in [0, 0.1) is 11.3 Å². The second-order valence-electron chi connectivity index (χ2n) is 7.98. The molecule has 0 spiro atoms. The van der Waals surface area contributed by atoms with Gasteiger partial charge in [0.15, 0.2) is 11.5 Å². The van der Waals surface area contributed by atoms with Crippen LogP contribution >= 0.6 is 0 Å². The van der Waals surface area contributed by atoms with E-state index in [1.165, 1.54) is 7.11 Å². The maximum absolute atomic E-state index is 12.7. The van der Waals surface area contributed by atoms with E-state index < -0.39 is 11.9 Å². The second-order valence-corrected chi connectivity index (χ2v) is 7.98. The fourth-order valence-corrected chi connectivity index (χ4v) is 3.99. The van der Waals surface area contributed by atoms with Crippen molar-refractivity contribution in [2.24, 2.45) is 5.73 Å². The van der Waals surface area contributed by atoms with E-state index in [1.54, 1.807) is 60.7 Å². The van der Waals surface area contributed by atoms with Crippen LogP contribution in [-0.4, -0.2) is 26.3 Å². The summed E-state index contributed by atoms with van der Waals surface area (Å²) < 4.78 is 27.9. The maximum atomic E-state index is 12.7. The summed E-state index contributed by atoms with van der Waals surface area (Å²) in [5.41, 5.74) is 8.20. The van der Waals surface area contributed by atoms with Crippen molar-refractivity contribution in [3.8, 4) is 34.8 Å². The summed E-state index contributed by atoms with van der Waals surface area (Å²) in [7, 11) is 1.54. The van der Waals surface area contributed by atoms with Gasteiger partial charge in [-0.15, -0.1) is 0 Å². The maximum Gasteiger partial charge on any atom is 0.343 e. The van der Waals surface area contributed by atoms with Gasteiger partial charge in [-0.3, -0.25) is 0 Å². The number of nitrogens with two attached hydrogens (primary N) is 1. The normalized spacial score (nSPS) is 14.0. The predicted molar refractivity (Wildman–Crippen MR) is 137 cm³/mol. The lowest BCUT2D eigenvalue weighted by Gasteiger charge is -2.27. The number of nitrogens with zero attached hydrogens (tertiary/aromatic N) is 1. The third-order valence-electron chi connectivity index (χ3n) is 5.68. The molecule has 4 rings (SSSR count). The molecular formula is C29H26N2O6. The standard InChI is InChI=1S/C29H26N2O6/c1-4-14-35-24-13-8-19(15-26(24)33-3)27-22-12-11-21(16-25(22)37-28(31)23(27)17-30)36-29(32)18-6-9-20(10-7-18)34-5-2/h4,6-13,15-16,27H,1,5,14,31H2,2-3H3. The van der Waals surface area contributed by atoms with Crippen LogP contribution in [0.1, 0.15) is 34.3 Å². The van der Waals surface area contributed by atoms with Gasteiger partial charge < -0.3 is 29.4 Å². The molecule has 2 N–H and O–H groups in total. The van der Waals surface area contributed by atoms with Crippen LogP contribution in [0.25, 0.3) is 0 Å². The molecule has 1 atom stereocenters. The Kier molecular flexibility index (Phi) is 7.65. The molecule has 1 aliphatic rings. The quantitative estimate of drug-likeness (QED) is 0.246. The number of rotatable bonds is 9. The topological polar surface area (TPSA) is 113 Å². The SMILES string of the molecule is C=CCOc1ccc(C2C(C#N)=C(N)Oc3cc(OC(=O)c4ccc(OCC)cc4)ccc32)cc1OC. The van der Waals surface area contributed by atoms with Crippen molar-refractivity contribution in [2.75, 3.05) is 20.3 Å². The van der Waals surface area contributed by atoms with Gasteiger partial charge in [-0.2, -0.15) is 5.26 Å². The van der Waals surface area contributed by atoms with Gasteiger partial charge in [0.05, 0.1) is 25.2 Å². The number of methoxy groups -OCH3 is 1. The predicted octanol–water partition coefficient (Wildman–Crippen LogP) is 5.10. The van der Waals surface area contributed by atoms with Crippen LogP contribution in [0.5, 0.6) is 28.7 Å². The number of hydrogen-bond donors (Lipinski definition) is 1. The Hall–Kier alpha value is -4.90. The number of ether oxygens (including phenoxy) is 5. The Balaban J connectivity index is 1.64. The smallest absolute Gasteiger partial charge is 0.343 e. The summed E-state index contributed by atoms with van der Waals surface area (Å²) in [6.45, 7) is 6.40. The average Bonchev–Trinajstić information content (AvgIpc) is 2.91. The molecular weight excluding hydrogens is 472 g/mol. The number of benzene rings is 3. The highest BCUT2D eigenvalue weighted by Crippen LogP contribution is 2.45. The number of fused-ring (bicyclic) bond motifs is 1. The number of hydrogen-bond acceptors (Lipinski definition) is 8. The van der Waals surface area contributed by atoms with E-state index in [1.807, 2.05) is 13.0 Å².